The predicted molar refractivity (Wildman–Crippen MR) is 157 cm³/mol. The van der Waals surface area contributed by atoms with E-state index in [0.29, 0.717) is 49.6 Å². The summed E-state index contributed by atoms with van der Waals surface area (Å²) in [6.45, 7) is 1.03. The van der Waals surface area contributed by atoms with Gasteiger partial charge in [0.2, 0.25) is 20.0 Å². The Morgan fingerprint density at radius 2 is 1.74 bits per heavy atom. The van der Waals surface area contributed by atoms with E-state index in [1.165, 1.54) is 16.4 Å². The molecule has 228 valence electrons. The number of rotatable bonds is 12. The zero-order valence-corrected chi connectivity index (χ0v) is 24.8. The molecule has 0 bridgehead atoms. The average molecular weight is 620 g/mol. The lowest BCUT2D eigenvalue weighted by molar-refractivity contribution is -0.0312. The minimum atomic E-state index is -3.77. The van der Waals surface area contributed by atoms with Gasteiger partial charge in [-0.15, -0.1) is 0 Å². The fraction of sp³-hybridized carbons (Fsp3) is 0.448. The van der Waals surface area contributed by atoms with Crippen LogP contribution in [0.5, 0.6) is 5.75 Å². The van der Waals surface area contributed by atoms with E-state index in [4.69, 9.17) is 14.6 Å². The molecule has 0 aliphatic carbocycles. The van der Waals surface area contributed by atoms with Crippen molar-refractivity contribution in [3.63, 3.8) is 0 Å². The molecule has 2 saturated heterocycles. The molecular weight excluding hydrogens is 582 g/mol. The van der Waals surface area contributed by atoms with Crippen LogP contribution in [0, 0.1) is 0 Å². The standard InChI is InChI=1S/C29H37N3O8S2/c33-15-12-31-41(35,36)27-7-3-6-26(17-27)39-21-25(34)19-30-24-18-29(40-20-24)10-13-32(14-11-29)42(37,38)28-9-8-22-4-1-2-5-23(22)16-28/h1-9,16-17,24-25,30-31,33-34H,10-15,18-21H2/t24?,25-/m0/s1. The normalized spacial score (nSPS) is 20.2. The van der Waals surface area contributed by atoms with Gasteiger partial charge in [0.05, 0.1) is 28.6 Å². The van der Waals surface area contributed by atoms with Crippen LogP contribution in [0.15, 0.2) is 76.5 Å². The number of benzene rings is 3. The van der Waals surface area contributed by atoms with Crippen molar-refractivity contribution in [1.29, 1.82) is 0 Å². The molecule has 2 fully saturated rings. The Labute approximate surface area is 246 Å². The van der Waals surface area contributed by atoms with Crippen molar-refractivity contribution >= 4 is 30.8 Å². The molecule has 2 atom stereocenters. The van der Waals surface area contributed by atoms with Crippen LogP contribution in [0.4, 0.5) is 0 Å². The van der Waals surface area contributed by atoms with E-state index in [0.717, 1.165) is 10.8 Å². The fourth-order valence-electron chi connectivity index (χ4n) is 5.48. The van der Waals surface area contributed by atoms with Crippen molar-refractivity contribution in [2.45, 2.75) is 46.8 Å². The van der Waals surface area contributed by atoms with Crippen LogP contribution in [0.2, 0.25) is 0 Å². The SMILES string of the molecule is O=S(=O)(NCCO)c1cccc(OC[C@@H](O)CNC2COC3(CCN(S(=O)(=O)c4ccc5ccccc5c4)CC3)C2)c1. The van der Waals surface area contributed by atoms with Gasteiger partial charge in [0.25, 0.3) is 0 Å². The molecule has 2 aliphatic rings. The Hall–Kier alpha value is -2.62. The highest BCUT2D eigenvalue weighted by atomic mass is 32.2. The first-order chi connectivity index (χ1) is 20.1. The highest BCUT2D eigenvalue weighted by molar-refractivity contribution is 7.89. The van der Waals surface area contributed by atoms with Gasteiger partial charge in [0, 0.05) is 38.3 Å². The van der Waals surface area contributed by atoms with Crippen LogP contribution < -0.4 is 14.8 Å². The molecule has 0 amide bonds. The van der Waals surface area contributed by atoms with E-state index in [-0.39, 0.29) is 37.2 Å². The lowest BCUT2D eigenvalue weighted by Gasteiger charge is -2.38. The highest BCUT2D eigenvalue weighted by Crippen LogP contribution is 2.37. The number of ether oxygens (including phenoxy) is 2. The highest BCUT2D eigenvalue weighted by Gasteiger charge is 2.44. The topological polar surface area (TPSA) is 154 Å². The molecule has 2 heterocycles. The Morgan fingerprint density at radius 3 is 2.50 bits per heavy atom. The zero-order chi connectivity index (χ0) is 29.8. The van der Waals surface area contributed by atoms with Gasteiger partial charge < -0.3 is 25.0 Å². The molecule has 3 aromatic carbocycles. The number of fused-ring (bicyclic) bond motifs is 1. The maximum atomic E-state index is 13.3. The van der Waals surface area contributed by atoms with E-state index >= 15 is 0 Å². The number of nitrogens with zero attached hydrogens (tertiary/aromatic N) is 1. The quantitative estimate of drug-likeness (QED) is 0.236. The number of aliphatic hydroxyl groups excluding tert-OH is 2. The van der Waals surface area contributed by atoms with Crippen LogP contribution in [0.25, 0.3) is 10.8 Å². The Balaban J connectivity index is 1.08. The van der Waals surface area contributed by atoms with Crippen molar-refractivity contribution in [2.24, 2.45) is 0 Å². The molecule has 4 N–H and O–H groups in total. The average Bonchev–Trinajstić information content (AvgIpc) is 3.40. The van der Waals surface area contributed by atoms with E-state index in [1.807, 2.05) is 30.3 Å². The summed E-state index contributed by atoms with van der Waals surface area (Å²) < 4.78 is 66.8. The molecule has 0 saturated carbocycles. The number of nitrogens with one attached hydrogen (secondary N) is 2. The second kappa shape index (κ2) is 12.9. The molecular formula is C29H37N3O8S2. The molecule has 1 unspecified atom stereocenters. The van der Waals surface area contributed by atoms with Crippen molar-refractivity contribution in [3.05, 3.63) is 66.7 Å². The molecule has 13 heteroatoms. The van der Waals surface area contributed by atoms with Crippen molar-refractivity contribution in [2.75, 3.05) is 46.0 Å². The number of hydrogen-bond donors (Lipinski definition) is 4. The van der Waals surface area contributed by atoms with Crippen LogP contribution >= 0.6 is 0 Å². The summed E-state index contributed by atoms with van der Waals surface area (Å²) in [6, 6.07) is 18.9. The second-order valence-corrected chi connectivity index (χ2v) is 14.5. The van der Waals surface area contributed by atoms with Crippen molar-refractivity contribution in [1.82, 2.24) is 14.3 Å². The largest absolute Gasteiger partial charge is 0.491 e. The Kier molecular flexibility index (Phi) is 9.50. The van der Waals surface area contributed by atoms with Gasteiger partial charge in [-0.1, -0.05) is 36.4 Å². The van der Waals surface area contributed by atoms with Gasteiger partial charge in [-0.25, -0.2) is 21.6 Å². The third-order valence-corrected chi connectivity index (χ3v) is 11.2. The number of piperidine rings is 1. The summed E-state index contributed by atoms with van der Waals surface area (Å²) in [4.78, 5) is 0.303. The van der Waals surface area contributed by atoms with Gasteiger partial charge in [-0.3, -0.25) is 0 Å². The van der Waals surface area contributed by atoms with E-state index < -0.39 is 31.8 Å². The molecule has 42 heavy (non-hydrogen) atoms. The Morgan fingerprint density at radius 1 is 0.976 bits per heavy atom. The van der Waals surface area contributed by atoms with Crippen LogP contribution in [-0.2, 0) is 24.8 Å². The van der Waals surface area contributed by atoms with E-state index in [9.17, 15) is 21.9 Å². The summed E-state index contributed by atoms with van der Waals surface area (Å²) in [5.74, 6) is 0.300. The maximum Gasteiger partial charge on any atom is 0.243 e. The predicted octanol–water partition coefficient (Wildman–Crippen LogP) is 1.45. The molecule has 0 radical (unpaired) electrons. The van der Waals surface area contributed by atoms with Crippen LogP contribution in [-0.4, -0.2) is 95.1 Å². The summed E-state index contributed by atoms with van der Waals surface area (Å²) >= 11 is 0. The first-order valence-electron chi connectivity index (χ1n) is 14.0. The first-order valence-corrected chi connectivity index (χ1v) is 16.9. The van der Waals surface area contributed by atoms with Crippen molar-refractivity contribution in [3.8, 4) is 5.75 Å². The van der Waals surface area contributed by atoms with E-state index in [1.54, 1.807) is 24.3 Å². The Bertz CT molecular complexity index is 1590. The number of hydrogen-bond acceptors (Lipinski definition) is 9. The van der Waals surface area contributed by atoms with Gasteiger partial charge in [0.1, 0.15) is 18.5 Å². The minimum Gasteiger partial charge on any atom is -0.491 e. The minimum absolute atomic E-state index is 0.00516. The third kappa shape index (κ3) is 7.12. The lowest BCUT2D eigenvalue weighted by Crippen LogP contribution is -2.47. The maximum absolute atomic E-state index is 13.3. The lowest BCUT2D eigenvalue weighted by atomic mass is 9.88. The summed E-state index contributed by atoms with van der Waals surface area (Å²) in [5, 5.41) is 24.5. The molecule has 11 nitrogen and oxygen atoms in total. The summed E-state index contributed by atoms with van der Waals surface area (Å²) in [7, 11) is -7.38. The number of sulfonamides is 2. The van der Waals surface area contributed by atoms with Gasteiger partial charge in [-0.05, 0) is 54.3 Å². The van der Waals surface area contributed by atoms with Crippen LogP contribution in [0.1, 0.15) is 19.3 Å². The van der Waals surface area contributed by atoms with E-state index in [2.05, 4.69) is 10.0 Å². The second-order valence-electron chi connectivity index (χ2n) is 10.8. The van der Waals surface area contributed by atoms with Gasteiger partial charge >= 0.3 is 0 Å². The monoisotopic (exact) mass is 619 g/mol. The van der Waals surface area contributed by atoms with Gasteiger partial charge in [-0.2, -0.15) is 4.31 Å². The van der Waals surface area contributed by atoms with Gasteiger partial charge in [0.15, 0.2) is 0 Å². The zero-order valence-electron chi connectivity index (χ0n) is 23.2. The molecule has 3 aromatic rings. The van der Waals surface area contributed by atoms with Crippen molar-refractivity contribution < 1.29 is 36.5 Å². The third-order valence-electron chi connectivity index (χ3n) is 7.81. The molecule has 1 spiro atoms. The first kappa shape index (κ1) is 30.8. The fourth-order valence-corrected chi connectivity index (χ4v) is 8.02. The molecule has 5 rings (SSSR count). The summed E-state index contributed by atoms with van der Waals surface area (Å²) in [5.41, 5.74) is -0.398. The molecule has 0 aromatic heterocycles. The van der Waals surface area contributed by atoms with Crippen LogP contribution in [0.3, 0.4) is 0 Å². The number of aliphatic hydroxyl groups is 2. The smallest absolute Gasteiger partial charge is 0.243 e. The summed E-state index contributed by atoms with van der Waals surface area (Å²) in [6.07, 6.45) is 1.06. The molecule has 2 aliphatic heterocycles.